The summed E-state index contributed by atoms with van der Waals surface area (Å²) in [4.78, 5) is 27.7. The number of amides is 3. The summed E-state index contributed by atoms with van der Waals surface area (Å²) in [5.74, 6) is 0.440. The number of nitrogens with two attached hydrogens (primary N) is 1. The van der Waals surface area contributed by atoms with Crippen LogP contribution >= 0.6 is 0 Å². The number of carbonyl (C=O) groups excluding carboxylic acids is 2. The Hall–Kier alpha value is -2.86. The molecule has 2 aromatic carbocycles. The van der Waals surface area contributed by atoms with Crippen LogP contribution in [0.25, 0.3) is 0 Å². The lowest BCUT2D eigenvalue weighted by Crippen LogP contribution is -2.73. The average molecular weight is 438 g/mol. The second-order valence-corrected chi connectivity index (χ2v) is 8.56. The highest BCUT2D eigenvalue weighted by molar-refractivity contribution is 6.03. The van der Waals surface area contributed by atoms with Gasteiger partial charge in [-0.2, -0.15) is 0 Å². The van der Waals surface area contributed by atoms with Crippen molar-refractivity contribution in [3.63, 3.8) is 0 Å². The van der Waals surface area contributed by atoms with Gasteiger partial charge in [-0.25, -0.2) is 9.69 Å². The van der Waals surface area contributed by atoms with Crippen molar-refractivity contribution in [1.29, 1.82) is 0 Å². The fraction of sp³-hybridized carbons (Fsp3) is 0.462. The van der Waals surface area contributed by atoms with Crippen molar-refractivity contribution in [2.75, 3.05) is 0 Å². The maximum absolute atomic E-state index is 13.3. The largest absolute Gasteiger partial charge is 0.469 e. The number of ether oxygens (including phenoxy) is 1. The number of rotatable bonds is 9. The molecule has 1 fully saturated rings. The predicted octanol–water partition coefficient (Wildman–Crippen LogP) is 5.06. The first-order valence-electron chi connectivity index (χ1n) is 11.6. The Labute approximate surface area is 191 Å². The third-order valence-corrected chi connectivity index (χ3v) is 6.59. The molecule has 1 aliphatic heterocycles. The zero-order valence-corrected chi connectivity index (χ0v) is 19.6. The molecule has 0 spiro atoms. The monoisotopic (exact) mass is 437 g/mol. The fourth-order valence-corrected chi connectivity index (χ4v) is 4.36. The number of imide groups is 1. The van der Waals surface area contributed by atoms with E-state index < -0.39 is 17.7 Å². The SMILES string of the molecule is CCC[C@@H](NC(=O)N1C(=O)C(CC)(CC)[C@@H]1Oc1ccc(CN)cc1)c1ccc(C)cc1. The van der Waals surface area contributed by atoms with Gasteiger partial charge in [0.15, 0.2) is 6.23 Å². The van der Waals surface area contributed by atoms with Crippen LogP contribution in [0.2, 0.25) is 0 Å². The number of hydrogen-bond donors (Lipinski definition) is 2. The third-order valence-electron chi connectivity index (χ3n) is 6.59. The van der Waals surface area contributed by atoms with E-state index in [0.717, 1.165) is 29.5 Å². The van der Waals surface area contributed by atoms with Crippen LogP contribution in [0.1, 0.15) is 69.2 Å². The van der Waals surface area contributed by atoms with Gasteiger partial charge in [-0.1, -0.05) is 69.2 Å². The summed E-state index contributed by atoms with van der Waals surface area (Å²) in [5.41, 5.74) is 8.18. The number of carbonyl (C=O) groups is 2. The van der Waals surface area contributed by atoms with Crippen molar-refractivity contribution < 1.29 is 14.3 Å². The van der Waals surface area contributed by atoms with Gasteiger partial charge in [0, 0.05) is 6.54 Å². The summed E-state index contributed by atoms with van der Waals surface area (Å²) in [6, 6.07) is 15.0. The van der Waals surface area contributed by atoms with E-state index in [4.69, 9.17) is 10.5 Å². The van der Waals surface area contributed by atoms with E-state index in [9.17, 15) is 9.59 Å². The van der Waals surface area contributed by atoms with Gasteiger partial charge in [-0.05, 0) is 49.4 Å². The van der Waals surface area contributed by atoms with E-state index >= 15 is 0 Å². The van der Waals surface area contributed by atoms with E-state index in [-0.39, 0.29) is 11.9 Å². The smallest absolute Gasteiger partial charge is 0.327 e. The number of β-lactam (4-membered cyclic amide) rings is 1. The molecule has 0 bridgehead atoms. The number of nitrogens with one attached hydrogen (secondary N) is 1. The molecule has 0 aromatic heterocycles. The van der Waals surface area contributed by atoms with E-state index in [1.807, 2.05) is 69.3 Å². The highest BCUT2D eigenvalue weighted by Crippen LogP contribution is 2.46. The summed E-state index contributed by atoms with van der Waals surface area (Å²) in [7, 11) is 0. The second-order valence-electron chi connectivity index (χ2n) is 8.56. The van der Waals surface area contributed by atoms with E-state index in [0.29, 0.717) is 25.1 Å². The standard InChI is InChI=1S/C26H35N3O3/c1-5-8-22(20-13-9-18(4)10-14-20)28-25(31)29-23(30)26(6-2,7-3)24(29)32-21-15-11-19(17-27)12-16-21/h9-16,22,24H,5-8,17,27H2,1-4H3,(H,28,31)/t22-,24+/m1/s1. The van der Waals surface area contributed by atoms with Gasteiger partial charge in [0.2, 0.25) is 5.91 Å². The molecule has 0 radical (unpaired) electrons. The van der Waals surface area contributed by atoms with Crippen molar-refractivity contribution in [2.45, 2.75) is 72.2 Å². The van der Waals surface area contributed by atoms with E-state index in [2.05, 4.69) is 12.2 Å². The van der Waals surface area contributed by atoms with Gasteiger partial charge in [-0.3, -0.25) is 4.79 Å². The lowest BCUT2D eigenvalue weighted by molar-refractivity contribution is -0.191. The van der Waals surface area contributed by atoms with Gasteiger partial charge in [0.1, 0.15) is 11.2 Å². The number of hydrogen-bond acceptors (Lipinski definition) is 4. The predicted molar refractivity (Wildman–Crippen MR) is 126 cm³/mol. The molecule has 172 valence electrons. The minimum Gasteiger partial charge on any atom is -0.469 e. The fourth-order valence-electron chi connectivity index (χ4n) is 4.36. The Morgan fingerprint density at radius 1 is 1.09 bits per heavy atom. The maximum atomic E-state index is 13.3. The molecule has 2 atom stereocenters. The third kappa shape index (κ3) is 4.51. The lowest BCUT2D eigenvalue weighted by atomic mass is 9.72. The zero-order chi connectivity index (χ0) is 23.3. The van der Waals surface area contributed by atoms with Crippen molar-refractivity contribution in [1.82, 2.24) is 10.2 Å². The Bertz CT molecular complexity index is 920. The van der Waals surface area contributed by atoms with Crippen molar-refractivity contribution in [3.05, 3.63) is 65.2 Å². The molecule has 3 N–H and O–H groups in total. The Morgan fingerprint density at radius 2 is 1.72 bits per heavy atom. The summed E-state index contributed by atoms with van der Waals surface area (Å²) in [5, 5.41) is 3.08. The molecule has 1 aliphatic rings. The molecule has 1 heterocycles. The molecule has 6 heteroatoms. The van der Waals surface area contributed by atoms with Gasteiger partial charge in [0.25, 0.3) is 0 Å². The molecular weight excluding hydrogens is 402 g/mol. The number of likely N-dealkylation sites (tertiary alicyclic amines) is 1. The average Bonchev–Trinajstić information content (AvgIpc) is 2.80. The molecular formula is C26H35N3O3. The van der Waals surface area contributed by atoms with E-state index in [1.165, 1.54) is 4.90 Å². The topological polar surface area (TPSA) is 84.7 Å². The van der Waals surface area contributed by atoms with Crippen LogP contribution < -0.4 is 15.8 Å². The first kappa shape index (κ1) is 23.8. The Kier molecular flexibility index (Phi) is 7.56. The van der Waals surface area contributed by atoms with Crippen LogP contribution in [0.5, 0.6) is 5.75 Å². The van der Waals surface area contributed by atoms with Gasteiger partial charge in [0.05, 0.1) is 6.04 Å². The summed E-state index contributed by atoms with van der Waals surface area (Å²) < 4.78 is 6.22. The molecule has 32 heavy (non-hydrogen) atoms. The molecule has 0 saturated carbocycles. The van der Waals surface area contributed by atoms with Crippen molar-refractivity contribution >= 4 is 11.9 Å². The molecule has 2 aromatic rings. The van der Waals surface area contributed by atoms with Crippen LogP contribution in [-0.2, 0) is 11.3 Å². The van der Waals surface area contributed by atoms with Crippen molar-refractivity contribution in [3.8, 4) is 5.75 Å². The normalized spacial score (nSPS) is 18.1. The minimum atomic E-state index is -0.700. The first-order valence-corrected chi connectivity index (χ1v) is 11.6. The second kappa shape index (κ2) is 10.2. The highest BCUT2D eigenvalue weighted by atomic mass is 16.5. The molecule has 3 rings (SSSR count). The summed E-state index contributed by atoms with van der Waals surface area (Å²) >= 11 is 0. The molecule has 0 unspecified atom stereocenters. The molecule has 0 aliphatic carbocycles. The van der Waals surface area contributed by atoms with Crippen LogP contribution in [0.15, 0.2) is 48.5 Å². The summed E-state index contributed by atoms with van der Waals surface area (Å²) in [6.45, 7) is 8.50. The lowest BCUT2D eigenvalue weighted by Gasteiger charge is -2.53. The number of urea groups is 1. The number of nitrogens with zero attached hydrogens (tertiary/aromatic N) is 1. The van der Waals surface area contributed by atoms with Gasteiger partial charge < -0.3 is 15.8 Å². The summed E-state index contributed by atoms with van der Waals surface area (Å²) in [6.07, 6.45) is 2.26. The minimum absolute atomic E-state index is 0.163. The van der Waals surface area contributed by atoms with Gasteiger partial charge >= 0.3 is 6.03 Å². The zero-order valence-electron chi connectivity index (χ0n) is 19.6. The highest BCUT2D eigenvalue weighted by Gasteiger charge is 2.63. The van der Waals surface area contributed by atoms with Crippen LogP contribution in [0.3, 0.4) is 0 Å². The quantitative estimate of drug-likeness (QED) is 0.537. The van der Waals surface area contributed by atoms with Crippen LogP contribution in [0.4, 0.5) is 4.79 Å². The van der Waals surface area contributed by atoms with Crippen LogP contribution in [-0.4, -0.2) is 23.1 Å². The Morgan fingerprint density at radius 3 is 2.25 bits per heavy atom. The molecule has 1 saturated heterocycles. The molecule has 3 amide bonds. The number of aryl methyl sites for hydroxylation is 1. The molecule has 6 nitrogen and oxygen atoms in total. The van der Waals surface area contributed by atoms with Gasteiger partial charge in [-0.15, -0.1) is 0 Å². The maximum Gasteiger partial charge on any atom is 0.327 e. The first-order chi connectivity index (χ1) is 15.4. The Balaban J connectivity index is 1.82. The van der Waals surface area contributed by atoms with Crippen LogP contribution in [0, 0.1) is 12.3 Å². The number of benzene rings is 2. The van der Waals surface area contributed by atoms with Crippen molar-refractivity contribution in [2.24, 2.45) is 11.1 Å². The van der Waals surface area contributed by atoms with E-state index in [1.54, 1.807) is 0 Å².